The van der Waals surface area contributed by atoms with Crippen molar-refractivity contribution in [3.63, 3.8) is 0 Å². The van der Waals surface area contributed by atoms with Crippen molar-refractivity contribution in [3.05, 3.63) is 58.4 Å². The molecule has 1 fully saturated rings. The number of aromatic amines is 1. The number of H-pyrrole nitrogens is 1. The Kier molecular flexibility index (Phi) is 5.14. The van der Waals surface area contributed by atoms with Gasteiger partial charge in [0.25, 0.3) is 5.91 Å². The van der Waals surface area contributed by atoms with E-state index in [9.17, 15) is 17.6 Å². The van der Waals surface area contributed by atoms with E-state index in [-0.39, 0.29) is 29.3 Å². The molecule has 9 nitrogen and oxygen atoms in total. The smallest absolute Gasteiger partial charge is 0.261 e. The Hall–Kier alpha value is -3.08. The molecule has 3 aromatic rings. The van der Waals surface area contributed by atoms with Crippen molar-refractivity contribution in [1.29, 1.82) is 0 Å². The van der Waals surface area contributed by atoms with Crippen molar-refractivity contribution >= 4 is 21.7 Å². The number of halogens is 1. The fourth-order valence-electron chi connectivity index (χ4n) is 3.71. The summed E-state index contributed by atoms with van der Waals surface area (Å²) in [5.41, 5.74) is 2.35. The molecule has 1 atom stereocenters. The summed E-state index contributed by atoms with van der Waals surface area (Å²) in [5, 5.41) is 13.8. The summed E-state index contributed by atoms with van der Waals surface area (Å²) in [6.45, 7) is 3.46. The first-order valence-electron chi connectivity index (χ1n) is 9.45. The maximum atomic E-state index is 13.0. The van der Waals surface area contributed by atoms with Crippen LogP contribution in [0.4, 0.5) is 10.3 Å². The molecule has 1 aliphatic heterocycles. The molecule has 158 valence electrons. The number of benzene rings is 1. The predicted octanol–water partition coefficient (Wildman–Crippen LogP) is 1.96. The minimum Gasteiger partial charge on any atom is -0.289 e. The molecule has 0 saturated carbocycles. The molecule has 3 heterocycles. The second kappa shape index (κ2) is 7.63. The third-order valence-electron chi connectivity index (χ3n) is 5.15. The highest BCUT2D eigenvalue weighted by atomic mass is 32.2. The molecular formula is C19H21FN6O3S. The van der Waals surface area contributed by atoms with E-state index in [4.69, 9.17) is 0 Å². The van der Waals surface area contributed by atoms with Gasteiger partial charge in [0.2, 0.25) is 5.95 Å². The molecule has 0 radical (unpaired) electrons. The average molecular weight is 432 g/mol. The Morgan fingerprint density at radius 1 is 1.30 bits per heavy atom. The fraction of sp³-hybridized carbons (Fsp3) is 0.368. The van der Waals surface area contributed by atoms with Crippen LogP contribution in [0, 0.1) is 19.7 Å². The van der Waals surface area contributed by atoms with Gasteiger partial charge in [-0.25, -0.2) is 12.8 Å². The first kappa shape index (κ1) is 20.2. The van der Waals surface area contributed by atoms with E-state index in [1.807, 2.05) is 0 Å². The molecule has 2 N–H and O–H groups in total. The van der Waals surface area contributed by atoms with E-state index in [0.717, 1.165) is 5.56 Å². The van der Waals surface area contributed by atoms with Gasteiger partial charge in [-0.1, -0.05) is 12.1 Å². The third kappa shape index (κ3) is 4.11. The van der Waals surface area contributed by atoms with Crippen LogP contribution >= 0.6 is 0 Å². The van der Waals surface area contributed by atoms with Crippen molar-refractivity contribution in [2.24, 2.45) is 0 Å². The lowest BCUT2D eigenvalue weighted by atomic mass is 10.1. The number of nitrogens with zero attached hydrogens (tertiary/aromatic N) is 4. The second-order valence-corrected chi connectivity index (χ2v) is 9.64. The van der Waals surface area contributed by atoms with Gasteiger partial charge < -0.3 is 0 Å². The maximum absolute atomic E-state index is 13.0. The van der Waals surface area contributed by atoms with Crippen molar-refractivity contribution < 1.29 is 17.6 Å². The molecule has 0 bridgehead atoms. The number of hydrogen-bond acceptors (Lipinski definition) is 6. The van der Waals surface area contributed by atoms with E-state index >= 15 is 0 Å². The zero-order chi connectivity index (χ0) is 21.5. The Labute approximate surface area is 172 Å². The van der Waals surface area contributed by atoms with Crippen LogP contribution in [0.5, 0.6) is 0 Å². The van der Waals surface area contributed by atoms with Gasteiger partial charge in [0, 0.05) is 12.1 Å². The summed E-state index contributed by atoms with van der Waals surface area (Å²) >= 11 is 0. The van der Waals surface area contributed by atoms with Crippen LogP contribution in [0.1, 0.15) is 45.6 Å². The molecule has 1 aliphatic rings. The summed E-state index contributed by atoms with van der Waals surface area (Å²) in [6.07, 6.45) is 0.897. The minimum absolute atomic E-state index is 0.0314. The zero-order valence-electron chi connectivity index (χ0n) is 16.5. The van der Waals surface area contributed by atoms with Crippen LogP contribution in [-0.2, 0) is 16.3 Å². The first-order chi connectivity index (χ1) is 14.2. The summed E-state index contributed by atoms with van der Waals surface area (Å²) in [7, 11) is -3.06. The van der Waals surface area contributed by atoms with E-state index in [0.29, 0.717) is 35.6 Å². The van der Waals surface area contributed by atoms with Crippen molar-refractivity contribution in [2.75, 3.05) is 16.8 Å². The number of hydrogen-bond donors (Lipinski definition) is 2. The van der Waals surface area contributed by atoms with E-state index in [1.54, 1.807) is 30.7 Å². The molecule has 1 aromatic carbocycles. The topological polar surface area (TPSA) is 123 Å². The first-order valence-corrected chi connectivity index (χ1v) is 11.3. The van der Waals surface area contributed by atoms with Gasteiger partial charge in [0.1, 0.15) is 11.6 Å². The normalized spacial score (nSPS) is 17.9. The Balaban J connectivity index is 1.48. The highest BCUT2D eigenvalue weighted by Gasteiger charge is 2.32. The summed E-state index contributed by atoms with van der Waals surface area (Å²) < 4.78 is 38.2. The van der Waals surface area contributed by atoms with E-state index in [1.165, 1.54) is 12.1 Å². The number of carbonyl (C=O) groups excluding carboxylic acids is 1. The second-order valence-electron chi connectivity index (χ2n) is 7.41. The minimum atomic E-state index is -3.06. The van der Waals surface area contributed by atoms with Gasteiger partial charge in [-0.15, -0.1) is 5.10 Å². The van der Waals surface area contributed by atoms with Gasteiger partial charge in [-0.05, 0) is 38.0 Å². The molecule has 30 heavy (non-hydrogen) atoms. The number of anilines is 1. The molecule has 2 aromatic heterocycles. The monoisotopic (exact) mass is 432 g/mol. The van der Waals surface area contributed by atoms with Gasteiger partial charge >= 0.3 is 0 Å². The van der Waals surface area contributed by atoms with Crippen molar-refractivity contribution in [2.45, 2.75) is 32.7 Å². The Morgan fingerprint density at radius 3 is 2.70 bits per heavy atom. The van der Waals surface area contributed by atoms with Gasteiger partial charge in [-0.3, -0.25) is 19.9 Å². The molecule has 1 saturated heterocycles. The SMILES string of the molecule is Cc1nn(C2CCS(=O)(=O)C2)c(C)c1C(=O)Nc1n[nH]c(Cc2ccc(F)cc2)n1. The fourth-order valence-corrected chi connectivity index (χ4v) is 5.40. The predicted molar refractivity (Wildman–Crippen MR) is 108 cm³/mol. The Morgan fingerprint density at radius 2 is 2.03 bits per heavy atom. The van der Waals surface area contributed by atoms with Crippen LogP contribution in [0.25, 0.3) is 0 Å². The van der Waals surface area contributed by atoms with E-state index < -0.39 is 15.7 Å². The lowest BCUT2D eigenvalue weighted by molar-refractivity contribution is 0.102. The zero-order valence-corrected chi connectivity index (χ0v) is 17.3. The van der Waals surface area contributed by atoms with Gasteiger partial charge in [0.05, 0.1) is 28.8 Å². The standard InChI is InChI=1S/C19H21FN6O3S/c1-11-17(12(2)26(25-11)15-7-8-30(28,29)10-15)18(27)22-19-21-16(23-24-19)9-13-3-5-14(20)6-4-13/h3-6,15H,7-10H2,1-2H3,(H2,21,22,23,24,27). The van der Waals surface area contributed by atoms with Gasteiger partial charge in [0.15, 0.2) is 9.84 Å². The lowest BCUT2D eigenvalue weighted by Gasteiger charge is -2.11. The van der Waals surface area contributed by atoms with Crippen LogP contribution in [-0.4, -0.2) is 50.8 Å². The molecule has 0 aliphatic carbocycles. The van der Waals surface area contributed by atoms with Crippen LogP contribution in [0.15, 0.2) is 24.3 Å². The number of rotatable bonds is 5. The number of aromatic nitrogens is 5. The lowest BCUT2D eigenvalue weighted by Crippen LogP contribution is -2.17. The van der Waals surface area contributed by atoms with Gasteiger partial charge in [-0.2, -0.15) is 10.1 Å². The largest absolute Gasteiger partial charge is 0.289 e. The quantitative estimate of drug-likeness (QED) is 0.635. The number of sulfone groups is 1. The third-order valence-corrected chi connectivity index (χ3v) is 6.90. The summed E-state index contributed by atoms with van der Waals surface area (Å²) in [5.74, 6) is 0.0782. The Bertz CT molecular complexity index is 1200. The molecule has 1 amide bonds. The number of nitrogens with one attached hydrogen (secondary N) is 2. The van der Waals surface area contributed by atoms with Crippen LogP contribution in [0.2, 0.25) is 0 Å². The van der Waals surface area contributed by atoms with Crippen LogP contribution < -0.4 is 5.32 Å². The summed E-state index contributed by atoms with van der Waals surface area (Å²) in [4.78, 5) is 17.1. The van der Waals surface area contributed by atoms with Crippen LogP contribution in [0.3, 0.4) is 0 Å². The summed E-state index contributed by atoms with van der Waals surface area (Å²) in [6, 6.07) is 5.78. The number of amides is 1. The van der Waals surface area contributed by atoms with E-state index in [2.05, 4.69) is 25.6 Å². The maximum Gasteiger partial charge on any atom is 0.261 e. The van der Waals surface area contributed by atoms with Crippen molar-refractivity contribution in [1.82, 2.24) is 25.0 Å². The molecule has 1 unspecified atom stereocenters. The molecule has 4 rings (SSSR count). The number of aryl methyl sites for hydroxylation is 1. The highest BCUT2D eigenvalue weighted by Crippen LogP contribution is 2.27. The average Bonchev–Trinajstić information content (AvgIpc) is 3.34. The highest BCUT2D eigenvalue weighted by molar-refractivity contribution is 7.91. The molecule has 11 heteroatoms. The molecule has 0 spiro atoms. The number of carbonyl (C=O) groups is 1. The molecular weight excluding hydrogens is 411 g/mol. The van der Waals surface area contributed by atoms with Crippen molar-refractivity contribution in [3.8, 4) is 0 Å².